The summed E-state index contributed by atoms with van der Waals surface area (Å²) in [6.45, 7) is 6.36. The van der Waals surface area contributed by atoms with Gasteiger partial charge in [0.25, 0.3) is 0 Å². The monoisotopic (exact) mass is 278 g/mol. The van der Waals surface area contributed by atoms with E-state index in [1.807, 2.05) is 12.1 Å². The molecule has 0 heterocycles. The van der Waals surface area contributed by atoms with Crippen LogP contribution in [0.1, 0.15) is 38.7 Å². The van der Waals surface area contributed by atoms with Crippen LogP contribution >= 0.6 is 0 Å². The highest BCUT2D eigenvalue weighted by molar-refractivity contribution is 5.17. The van der Waals surface area contributed by atoms with Gasteiger partial charge < -0.3 is 5.73 Å². The molecule has 0 saturated heterocycles. The van der Waals surface area contributed by atoms with Crippen LogP contribution < -0.4 is 5.73 Å². The molecule has 1 fully saturated rings. The Labute approximate surface area is 122 Å². The molecule has 3 atom stereocenters. The fourth-order valence-corrected chi connectivity index (χ4v) is 3.68. The number of hydrogen-bond donors (Lipinski definition) is 1. The van der Waals surface area contributed by atoms with Crippen molar-refractivity contribution in [1.82, 2.24) is 4.90 Å². The minimum absolute atomic E-state index is 0.160. The van der Waals surface area contributed by atoms with Gasteiger partial charge in [-0.2, -0.15) is 0 Å². The molecule has 20 heavy (non-hydrogen) atoms. The average molecular weight is 278 g/mol. The third kappa shape index (κ3) is 3.58. The number of nitrogens with two attached hydrogens (primary N) is 1. The molecule has 0 radical (unpaired) electrons. The van der Waals surface area contributed by atoms with Gasteiger partial charge in [-0.15, -0.1) is 0 Å². The molecular formula is C17H27FN2. The van der Waals surface area contributed by atoms with Crippen LogP contribution in [0.3, 0.4) is 0 Å². The van der Waals surface area contributed by atoms with Crippen LogP contribution in [0.15, 0.2) is 24.3 Å². The van der Waals surface area contributed by atoms with Crippen molar-refractivity contribution in [3.05, 3.63) is 35.6 Å². The lowest BCUT2D eigenvalue weighted by molar-refractivity contribution is 0.123. The van der Waals surface area contributed by atoms with Gasteiger partial charge in [-0.05, 0) is 62.9 Å². The standard InChI is InChI=1S/C17H27FN2/c1-3-20(17-6-4-5-15(17)12-19)13(2)11-14-7-9-16(18)10-8-14/h7-10,13,15,17H,3-6,11-12,19H2,1-2H3. The highest BCUT2D eigenvalue weighted by Crippen LogP contribution is 2.30. The quantitative estimate of drug-likeness (QED) is 0.866. The second-order valence-corrected chi connectivity index (χ2v) is 6.00. The van der Waals surface area contributed by atoms with E-state index in [-0.39, 0.29) is 5.82 Å². The first-order chi connectivity index (χ1) is 9.65. The zero-order valence-electron chi connectivity index (χ0n) is 12.7. The minimum atomic E-state index is -0.160. The number of halogens is 1. The first-order valence-corrected chi connectivity index (χ1v) is 7.86. The Kier molecular flexibility index (Phi) is 5.55. The Morgan fingerprint density at radius 2 is 2.00 bits per heavy atom. The summed E-state index contributed by atoms with van der Waals surface area (Å²) >= 11 is 0. The molecule has 0 spiro atoms. The first kappa shape index (κ1) is 15.5. The molecule has 2 nitrogen and oxygen atoms in total. The number of benzene rings is 1. The third-order valence-electron chi connectivity index (χ3n) is 4.72. The molecular weight excluding hydrogens is 251 g/mol. The predicted octanol–water partition coefficient (Wildman–Crippen LogP) is 3.21. The maximum atomic E-state index is 13.0. The summed E-state index contributed by atoms with van der Waals surface area (Å²) in [5.74, 6) is 0.485. The molecule has 0 amide bonds. The third-order valence-corrected chi connectivity index (χ3v) is 4.72. The van der Waals surface area contributed by atoms with Crippen molar-refractivity contribution in [2.24, 2.45) is 11.7 Å². The van der Waals surface area contributed by atoms with Crippen LogP contribution in [-0.2, 0) is 6.42 Å². The van der Waals surface area contributed by atoms with Gasteiger partial charge in [0.1, 0.15) is 5.82 Å². The molecule has 1 aromatic rings. The molecule has 3 unspecified atom stereocenters. The van der Waals surface area contributed by atoms with Gasteiger partial charge in [-0.3, -0.25) is 4.90 Å². The molecule has 1 aliphatic carbocycles. The summed E-state index contributed by atoms with van der Waals surface area (Å²) in [5, 5.41) is 0. The zero-order chi connectivity index (χ0) is 14.5. The van der Waals surface area contributed by atoms with Gasteiger partial charge in [0.05, 0.1) is 0 Å². The van der Waals surface area contributed by atoms with E-state index in [9.17, 15) is 4.39 Å². The SMILES string of the molecule is CCN(C(C)Cc1ccc(F)cc1)C1CCCC1CN. The van der Waals surface area contributed by atoms with Gasteiger partial charge in [0.2, 0.25) is 0 Å². The van der Waals surface area contributed by atoms with Crippen molar-refractivity contribution in [3.8, 4) is 0 Å². The van der Waals surface area contributed by atoms with E-state index in [1.165, 1.54) is 24.8 Å². The molecule has 0 bridgehead atoms. The summed E-state index contributed by atoms with van der Waals surface area (Å²) in [5.41, 5.74) is 7.13. The van der Waals surface area contributed by atoms with Crippen molar-refractivity contribution >= 4 is 0 Å². The van der Waals surface area contributed by atoms with Gasteiger partial charge >= 0.3 is 0 Å². The minimum Gasteiger partial charge on any atom is -0.330 e. The fraction of sp³-hybridized carbons (Fsp3) is 0.647. The van der Waals surface area contributed by atoms with Crippen molar-refractivity contribution < 1.29 is 4.39 Å². The van der Waals surface area contributed by atoms with Crippen molar-refractivity contribution in [1.29, 1.82) is 0 Å². The number of hydrogen-bond acceptors (Lipinski definition) is 2. The first-order valence-electron chi connectivity index (χ1n) is 7.86. The van der Waals surface area contributed by atoms with Crippen molar-refractivity contribution in [2.45, 2.75) is 51.6 Å². The summed E-state index contributed by atoms with van der Waals surface area (Å²) < 4.78 is 13.0. The Bertz CT molecular complexity index is 404. The van der Waals surface area contributed by atoms with Crippen LogP contribution in [-0.4, -0.2) is 30.1 Å². The van der Waals surface area contributed by atoms with Crippen molar-refractivity contribution in [2.75, 3.05) is 13.1 Å². The van der Waals surface area contributed by atoms with Crippen LogP contribution in [0.2, 0.25) is 0 Å². The maximum Gasteiger partial charge on any atom is 0.123 e. The highest BCUT2D eigenvalue weighted by atomic mass is 19.1. The summed E-state index contributed by atoms with van der Waals surface area (Å²) in [6, 6.07) is 8.00. The Morgan fingerprint density at radius 3 is 2.60 bits per heavy atom. The molecule has 0 aliphatic heterocycles. The van der Waals surface area contributed by atoms with E-state index in [4.69, 9.17) is 5.73 Å². The molecule has 1 saturated carbocycles. The molecule has 2 N–H and O–H groups in total. The van der Waals surface area contributed by atoms with Gasteiger partial charge in [-0.1, -0.05) is 25.5 Å². The van der Waals surface area contributed by atoms with E-state index in [0.29, 0.717) is 18.0 Å². The predicted molar refractivity (Wildman–Crippen MR) is 82.1 cm³/mol. The normalized spacial score (nSPS) is 24.2. The number of nitrogens with zero attached hydrogens (tertiary/aromatic N) is 1. The molecule has 2 rings (SSSR count). The average Bonchev–Trinajstić information content (AvgIpc) is 2.90. The van der Waals surface area contributed by atoms with Gasteiger partial charge in [0.15, 0.2) is 0 Å². The van der Waals surface area contributed by atoms with Gasteiger partial charge in [0, 0.05) is 12.1 Å². The largest absolute Gasteiger partial charge is 0.330 e. The molecule has 112 valence electrons. The molecule has 3 heteroatoms. The topological polar surface area (TPSA) is 29.3 Å². The molecule has 1 aromatic carbocycles. The van der Waals surface area contributed by atoms with Crippen molar-refractivity contribution in [3.63, 3.8) is 0 Å². The fourth-order valence-electron chi connectivity index (χ4n) is 3.68. The van der Waals surface area contributed by atoms with Gasteiger partial charge in [-0.25, -0.2) is 4.39 Å². The number of rotatable bonds is 6. The number of likely N-dealkylation sites (N-methyl/N-ethyl adjacent to an activating group) is 1. The second-order valence-electron chi connectivity index (χ2n) is 6.00. The van der Waals surface area contributed by atoms with E-state index < -0.39 is 0 Å². The lowest BCUT2D eigenvalue weighted by atomic mass is 9.98. The smallest absolute Gasteiger partial charge is 0.123 e. The van der Waals surface area contributed by atoms with Crippen LogP contribution in [0.25, 0.3) is 0 Å². The summed E-state index contributed by atoms with van der Waals surface area (Å²) in [7, 11) is 0. The van der Waals surface area contributed by atoms with E-state index >= 15 is 0 Å². The van der Waals surface area contributed by atoms with E-state index in [1.54, 1.807) is 12.1 Å². The van der Waals surface area contributed by atoms with Crippen LogP contribution in [0, 0.1) is 11.7 Å². The summed E-state index contributed by atoms with van der Waals surface area (Å²) in [6.07, 6.45) is 4.80. The summed E-state index contributed by atoms with van der Waals surface area (Å²) in [4.78, 5) is 2.59. The van der Waals surface area contributed by atoms with Crippen LogP contribution in [0.5, 0.6) is 0 Å². The molecule has 1 aliphatic rings. The Balaban J connectivity index is 2.01. The van der Waals surface area contributed by atoms with E-state index in [0.717, 1.165) is 19.5 Å². The lowest BCUT2D eigenvalue weighted by Gasteiger charge is -2.36. The Morgan fingerprint density at radius 1 is 1.30 bits per heavy atom. The Hall–Kier alpha value is -0.930. The van der Waals surface area contributed by atoms with Crippen LogP contribution in [0.4, 0.5) is 4.39 Å². The molecule has 0 aromatic heterocycles. The van der Waals surface area contributed by atoms with E-state index in [2.05, 4.69) is 18.7 Å². The zero-order valence-corrected chi connectivity index (χ0v) is 12.7. The lowest BCUT2D eigenvalue weighted by Crippen LogP contribution is -2.46. The maximum absolute atomic E-state index is 13.0. The highest BCUT2D eigenvalue weighted by Gasteiger charge is 2.32. The second kappa shape index (κ2) is 7.19.